The van der Waals surface area contributed by atoms with E-state index in [2.05, 4.69) is 15.1 Å². The zero-order chi connectivity index (χ0) is 20.1. The van der Waals surface area contributed by atoms with Crippen molar-refractivity contribution < 1.29 is 13.9 Å². The maximum absolute atomic E-state index is 14.0. The van der Waals surface area contributed by atoms with E-state index in [1.165, 1.54) is 6.07 Å². The number of amides is 1. The summed E-state index contributed by atoms with van der Waals surface area (Å²) in [5.74, 6) is -0.212. The van der Waals surface area contributed by atoms with Crippen LogP contribution in [-0.2, 0) is 11.3 Å². The number of halogens is 1. The fraction of sp³-hybridized carbons (Fsp3) is 0.435. The lowest BCUT2D eigenvalue weighted by Gasteiger charge is -2.33. The van der Waals surface area contributed by atoms with Crippen molar-refractivity contribution in [3.63, 3.8) is 0 Å². The van der Waals surface area contributed by atoms with Gasteiger partial charge in [-0.3, -0.25) is 9.69 Å². The first kappa shape index (κ1) is 19.9. The average Bonchev–Trinajstić information content (AvgIpc) is 2.76. The van der Waals surface area contributed by atoms with E-state index in [1.807, 2.05) is 36.4 Å². The highest BCUT2D eigenvalue weighted by atomic mass is 19.1. The van der Waals surface area contributed by atoms with Crippen molar-refractivity contribution in [3.8, 4) is 0 Å². The van der Waals surface area contributed by atoms with Crippen LogP contribution in [0.2, 0.25) is 0 Å². The normalized spacial score (nSPS) is 20.4. The average molecular weight is 397 g/mol. The number of hydrogen-bond acceptors (Lipinski definition) is 4. The Kier molecular flexibility index (Phi) is 6.42. The van der Waals surface area contributed by atoms with Crippen molar-refractivity contribution in [2.24, 2.45) is 0 Å². The Balaban J connectivity index is 1.36. The van der Waals surface area contributed by atoms with Gasteiger partial charge in [-0.15, -0.1) is 0 Å². The molecule has 2 fully saturated rings. The Bertz CT molecular complexity index is 838. The van der Waals surface area contributed by atoms with Crippen molar-refractivity contribution in [2.75, 3.05) is 44.3 Å². The smallest absolute Gasteiger partial charge is 0.251 e. The van der Waals surface area contributed by atoms with Gasteiger partial charge in [0.15, 0.2) is 0 Å². The Morgan fingerprint density at radius 1 is 1.10 bits per heavy atom. The standard InChI is InChI=1S/C23H28FN3O2/c24-22-9-2-1-5-19(22)16-26-10-4-7-20(17-26)25-23(28)18-6-3-8-21(15-18)27-11-13-29-14-12-27/h1-3,5-6,8-9,15,20H,4,7,10-14,16-17H2,(H,25,28)/t20-/m1/s1. The Morgan fingerprint density at radius 3 is 2.76 bits per heavy atom. The molecule has 2 aromatic carbocycles. The van der Waals surface area contributed by atoms with Gasteiger partial charge in [-0.25, -0.2) is 4.39 Å². The van der Waals surface area contributed by atoms with Gasteiger partial charge in [0.2, 0.25) is 0 Å². The number of anilines is 1. The highest BCUT2D eigenvalue weighted by Crippen LogP contribution is 2.19. The number of morpholine rings is 1. The minimum Gasteiger partial charge on any atom is -0.378 e. The number of benzene rings is 2. The van der Waals surface area contributed by atoms with E-state index < -0.39 is 0 Å². The first-order valence-corrected chi connectivity index (χ1v) is 10.4. The molecular weight excluding hydrogens is 369 g/mol. The lowest BCUT2D eigenvalue weighted by atomic mass is 10.0. The van der Waals surface area contributed by atoms with Crippen molar-refractivity contribution in [3.05, 3.63) is 65.5 Å². The molecule has 2 saturated heterocycles. The molecule has 154 valence electrons. The largest absolute Gasteiger partial charge is 0.378 e. The van der Waals surface area contributed by atoms with Crippen molar-refractivity contribution >= 4 is 11.6 Å². The summed E-state index contributed by atoms with van der Waals surface area (Å²) in [5.41, 5.74) is 2.45. The molecule has 5 nitrogen and oxygen atoms in total. The minimum atomic E-state index is -0.168. The van der Waals surface area contributed by atoms with Gasteiger partial charge in [0.05, 0.1) is 13.2 Å². The Hall–Kier alpha value is -2.44. The summed E-state index contributed by atoms with van der Waals surface area (Å²) in [6.07, 6.45) is 1.94. The summed E-state index contributed by atoms with van der Waals surface area (Å²) in [6.45, 7) is 5.37. The lowest BCUT2D eigenvalue weighted by Crippen LogP contribution is -2.47. The predicted molar refractivity (Wildman–Crippen MR) is 112 cm³/mol. The van der Waals surface area contributed by atoms with E-state index in [-0.39, 0.29) is 17.8 Å². The molecule has 29 heavy (non-hydrogen) atoms. The van der Waals surface area contributed by atoms with Gasteiger partial charge in [0, 0.05) is 49.0 Å². The fourth-order valence-electron chi connectivity index (χ4n) is 4.12. The molecule has 2 aliphatic heterocycles. The molecule has 1 atom stereocenters. The van der Waals surface area contributed by atoms with Gasteiger partial charge in [-0.05, 0) is 43.7 Å². The van der Waals surface area contributed by atoms with Crippen molar-refractivity contribution in [2.45, 2.75) is 25.4 Å². The maximum Gasteiger partial charge on any atom is 0.251 e. The number of nitrogens with one attached hydrogen (secondary N) is 1. The third-order valence-corrected chi connectivity index (χ3v) is 5.68. The van der Waals surface area contributed by atoms with E-state index >= 15 is 0 Å². The van der Waals surface area contributed by atoms with Crippen LogP contribution in [-0.4, -0.2) is 56.2 Å². The number of rotatable bonds is 5. The van der Waals surface area contributed by atoms with Crippen LogP contribution in [0.4, 0.5) is 10.1 Å². The Labute approximate surface area is 171 Å². The topological polar surface area (TPSA) is 44.8 Å². The number of hydrogen-bond donors (Lipinski definition) is 1. The second-order valence-corrected chi connectivity index (χ2v) is 7.79. The predicted octanol–water partition coefficient (Wildman–Crippen LogP) is 3.06. The molecule has 2 heterocycles. The molecule has 1 amide bonds. The highest BCUT2D eigenvalue weighted by molar-refractivity contribution is 5.95. The van der Waals surface area contributed by atoms with Gasteiger partial charge in [0.25, 0.3) is 5.91 Å². The highest BCUT2D eigenvalue weighted by Gasteiger charge is 2.23. The first-order valence-electron chi connectivity index (χ1n) is 10.4. The molecule has 0 aromatic heterocycles. The van der Waals surface area contributed by atoms with Crippen LogP contribution in [0.15, 0.2) is 48.5 Å². The molecule has 0 spiro atoms. The summed E-state index contributed by atoms with van der Waals surface area (Å²) in [6, 6.07) is 14.8. The molecule has 1 N–H and O–H groups in total. The van der Waals surface area contributed by atoms with Crippen LogP contribution in [0.5, 0.6) is 0 Å². The van der Waals surface area contributed by atoms with E-state index in [0.717, 1.165) is 57.9 Å². The SMILES string of the molecule is O=C(N[C@@H]1CCCN(Cc2ccccc2F)C1)c1cccc(N2CCOCC2)c1. The molecule has 4 rings (SSSR count). The van der Waals surface area contributed by atoms with Gasteiger partial charge in [-0.2, -0.15) is 0 Å². The number of piperidine rings is 1. The van der Waals surface area contributed by atoms with Crippen LogP contribution < -0.4 is 10.2 Å². The summed E-state index contributed by atoms with van der Waals surface area (Å²) in [7, 11) is 0. The Morgan fingerprint density at radius 2 is 1.93 bits per heavy atom. The summed E-state index contributed by atoms with van der Waals surface area (Å²) >= 11 is 0. The number of carbonyl (C=O) groups excluding carboxylic acids is 1. The fourth-order valence-corrected chi connectivity index (χ4v) is 4.12. The maximum atomic E-state index is 14.0. The number of nitrogens with zero attached hydrogens (tertiary/aromatic N) is 2. The number of carbonyl (C=O) groups is 1. The van der Waals surface area contributed by atoms with E-state index in [1.54, 1.807) is 6.07 Å². The summed E-state index contributed by atoms with van der Waals surface area (Å²) < 4.78 is 19.4. The number of likely N-dealkylation sites (tertiary alicyclic amines) is 1. The van der Waals surface area contributed by atoms with Gasteiger partial charge >= 0.3 is 0 Å². The van der Waals surface area contributed by atoms with Gasteiger partial charge in [0.1, 0.15) is 5.82 Å². The van der Waals surface area contributed by atoms with Gasteiger partial charge < -0.3 is 15.0 Å². The summed E-state index contributed by atoms with van der Waals surface area (Å²) in [4.78, 5) is 17.3. The van der Waals surface area contributed by atoms with Crippen LogP contribution >= 0.6 is 0 Å². The van der Waals surface area contributed by atoms with E-state index in [9.17, 15) is 9.18 Å². The monoisotopic (exact) mass is 397 g/mol. The van der Waals surface area contributed by atoms with Crippen LogP contribution in [0.25, 0.3) is 0 Å². The lowest BCUT2D eigenvalue weighted by molar-refractivity contribution is 0.0900. The molecule has 6 heteroatoms. The first-order chi connectivity index (χ1) is 14.2. The quantitative estimate of drug-likeness (QED) is 0.842. The zero-order valence-electron chi connectivity index (χ0n) is 16.6. The zero-order valence-corrected chi connectivity index (χ0v) is 16.6. The van der Waals surface area contributed by atoms with E-state index in [0.29, 0.717) is 17.7 Å². The molecular formula is C23H28FN3O2. The molecule has 2 aromatic rings. The van der Waals surface area contributed by atoms with Crippen LogP contribution in [0, 0.1) is 5.82 Å². The van der Waals surface area contributed by atoms with E-state index in [4.69, 9.17) is 4.74 Å². The summed E-state index contributed by atoms with van der Waals surface area (Å²) in [5, 5.41) is 3.18. The van der Waals surface area contributed by atoms with Gasteiger partial charge in [-0.1, -0.05) is 24.3 Å². The minimum absolute atomic E-state index is 0.0437. The third-order valence-electron chi connectivity index (χ3n) is 5.68. The van der Waals surface area contributed by atoms with Crippen molar-refractivity contribution in [1.82, 2.24) is 10.2 Å². The molecule has 0 radical (unpaired) electrons. The molecule has 0 unspecified atom stereocenters. The molecule has 0 saturated carbocycles. The second-order valence-electron chi connectivity index (χ2n) is 7.79. The molecule has 0 aliphatic carbocycles. The van der Waals surface area contributed by atoms with Crippen molar-refractivity contribution in [1.29, 1.82) is 0 Å². The molecule has 0 bridgehead atoms. The molecule has 2 aliphatic rings. The van der Waals surface area contributed by atoms with Crippen LogP contribution in [0.1, 0.15) is 28.8 Å². The second kappa shape index (κ2) is 9.37. The van der Waals surface area contributed by atoms with Crippen LogP contribution in [0.3, 0.4) is 0 Å². The third kappa shape index (κ3) is 5.14. The number of ether oxygens (including phenoxy) is 1.